The van der Waals surface area contributed by atoms with Crippen LogP contribution in [0.2, 0.25) is 0 Å². The van der Waals surface area contributed by atoms with Gasteiger partial charge in [0.2, 0.25) is 0 Å². The van der Waals surface area contributed by atoms with Crippen LogP contribution in [0.15, 0.2) is 60.7 Å². The van der Waals surface area contributed by atoms with Crippen LogP contribution in [-0.4, -0.2) is 22.0 Å². The number of amides is 2. The number of hydrogen-bond acceptors (Lipinski definition) is 4. The summed E-state index contributed by atoms with van der Waals surface area (Å²) in [5.74, 6) is -0.848. The van der Waals surface area contributed by atoms with Crippen LogP contribution in [0, 0.1) is 0 Å². The predicted octanol–water partition coefficient (Wildman–Crippen LogP) is 6.29. The molecule has 0 atom stereocenters. The molecule has 0 fully saturated rings. The molecule has 0 bridgehead atoms. The minimum absolute atomic E-state index is 0.0449. The van der Waals surface area contributed by atoms with E-state index in [2.05, 4.69) is 24.5 Å². The van der Waals surface area contributed by atoms with E-state index in [-0.39, 0.29) is 34.4 Å². The number of anilines is 2. The Morgan fingerprint density at radius 3 is 1.38 bits per heavy atom. The first-order chi connectivity index (χ1) is 16.4. The van der Waals surface area contributed by atoms with Gasteiger partial charge in [0, 0.05) is 11.4 Å². The minimum Gasteiger partial charge on any atom is -0.507 e. The maximum absolute atomic E-state index is 12.9. The first kappa shape index (κ1) is 24.8. The number of unbranched alkanes of at least 4 members (excludes halogenated alkanes) is 2. The number of carbonyl (C=O) groups excluding carboxylic acids is 2. The summed E-state index contributed by atoms with van der Waals surface area (Å²) in [6.07, 6.45) is 5.26. The van der Waals surface area contributed by atoms with Gasteiger partial charge in [-0.3, -0.25) is 9.59 Å². The molecule has 178 valence electrons. The van der Waals surface area contributed by atoms with Gasteiger partial charge in [0.05, 0.1) is 11.1 Å². The van der Waals surface area contributed by atoms with Gasteiger partial charge >= 0.3 is 0 Å². The Balaban J connectivity index is 1.71. The van der Waals surface area contributed by atoms with Crippen LogP contribution in [-0.2, 0) is 12.8 Å². The highest BCUT2D eigenvalue weighted by Gasteiger charge is 2.18. The normalized spacial score (nSPS) is 10.6. The lowest BCUT2D eigenvalue weighted by atomic mass is 10.00. The number of carbonyl (C=O) groups is 2. The molecule has 3 rings (SSSR count). The van der Waals surface area contributed by atoms with Gasteiger partial charge in [0.1, 0.15) is 11.5 Å². The molecule has 0 aliphatic heterocycles. The van der Waals surface area contributed by atoms with Crippen molar-refractivity contribution in [1.29, 1.82) is 0 Å². The fraction of sp³-hybridized carbons (Fsp3) is 0.286. The lowest BCUT2D eigenvalue weighted by molar-refractivity contribution is 0.101. The number of hydrogen-bond donors (Lipinski definition) is 4. The molecular formula is C28H32N2O4. The largest absolute Gasteiger partial charge is 0.507 e. The molecule has 2 amide bonds. The van der Waals surface area contributed by atoms with Crippen molar-refractivity contribution in [3.63, 3.8) is 0 Å². The van der Waals surface area contributed by atoms with Gasteiger partial charge in [-0.1, -0.05) is 51.0 Å². The maximum atomic E-state index is 12.9. The van der Waals surface area contributed by atoms with Gasteiger partial charge in [-0.25, -0.2) is 0 Å². The summed E-state index contributed by atoms with van der Waals surface area (Å²) in [4.78, 5) is 25.7. The zero-order valence-corrected chi connectivity index (χ0v) is 19.7. The maximum Gasteiger partial charge on any atom is 0.259 e. The predicted molar refractivity (Wildman–Crippen MR) is 136 cm³/mol. The molecule has 3 aromatic carbocycles. The van der Waals surface area contributed by atoms with Crippen LogP contribution in [0.4, 0.5) is 11.4 Å². The van der Waals surface area contributed by atoms with Crippen molar-refractivity contribution in [3.05, 3.63) is 82.9 Å². The summed E-state index contributed by atoms with van der Waals surface area (Å²) in [6, 6.07) is 17.0. The number of aromatic hydroxyl groups is 2. The summed E-state index contributed by atoms with van der Waals surface area (Å²) in [7, 11) is 0. The molecule has 0 unspecified atom stereocenters. The van der Waals surface area contributed by atoms with Crippen molar-refractivity contribution in [2.45, 2.75) is 52.4 Å². The monoisotopic (exact) mass is 460 g/mol. The second-order valence-corrected chi connectivity index (χ2v) is 8.32. The third-order valence-corrected chi connectivity index (χ3v) is 5.71. The van der Waals surface area contributed by atoms with Gasteiger partial charge in [0.25, 0.3) is 11.8 Å². The third kappa shape index (κ3) is 6.16. The van der Waals surface area contributed by atoms with Crippen LogP contribution in [0.5, 0.6) is 11.5 Å². The van der Waals surface area contributed by atoms with Crippen molar-refractivity contribution in [1.82, 2.24) is 0 Å². The van der Waals surface area contributed by atoms with E-state index < -0.39 is 0 Å². The number of benzene rings is 3. The van der Waals surface area contributed by atoms with Crippen molar-refractivity contribution in [2.75, 3.05) is 10.6 Å². The van der Waals surface area contributed by atoms with Gasteiger partial charge in [-0.15, -0.1) is 0 Å². The number of aryl methyl sites for hydroxylation is 2. The molecule has 3 aromatic rings. The fourth-order valence-electron chi connectivity index (χ4n) is 3.87. The topological polar surface area (TPSA) is 98.7 Å². The quantitative estimate of drug-likeness (QED) is 0.286. The number of phenolic OH excluding ortho intramolecular Hbond substituents is 2. The molecular weight excluding hydrogens is 428 g/mol. The lowest BCUT2D eigenvalue weighted by Gasteiger charge is -2.13. The van der Waals surface area contributed by atoms with E-state index in [1.54, 1.807) is 36.4 Å². The summed E-state index contributed by atoms with van der Waals surface area (Å²) >= 11 is 0. The Morgan fingerprint density at radius 2 is 1.03 bits per heavy atom. The van der Waals surface area contributed by atoms with Gasteiger partial charge in [0.15, 0.2) is 0 Å². The zero-order valence-electron chi connectivity index (χ0n) is 19.7. The Bertz CT molecular complexity index is 1050. The van der Waals surface area contributed by atoms with E-state index in [1.807, 2.05) is 12.1 Å². The van der Waals surface area contributed by atoms with E-state index in [0.717, 1.165) is 36.8 Å². The molecule has 6 nitrogen and oxygen atoms in total. The molecule has 0 saturated heterocycles. The highest BCUT2D eigenvalue weighted by molar-refractivity contribution is 6.08. The van der Waals surface area contributed by atoms with E-state index >= 15 is 0 Å². The standard InChI is InChI=1S/C28H32N2O4/c1-3-5-9-19-11-7-13-23(31)25(19)27(33)29-21-15-17-22(18-16-21)30-28(34)26-20(10-6-4-2)12-8-14-24(26)32/h7-8,11-18,31-32H,3-6,9-10H2,1-2H3,(H,29,33)(H,30,34). The van der Waals surface area contributed by atoms with E-state index in [1.165, 1.54) is 12.1 Å². The van der Waals surface area contributed by atoms with Crippen LogP contribution in [0.3, 0.4) is 0 Å². The molecule has 6 heteroatoms. The molecule has 0 aliphatic carbocycles. The molecule has 0 aromatic heterocycles. The van der Waals surface area contributed by atoms with Gasteiger partial charge in [-0.05, 0) is 73.2 Å². The summed E-state index contributed by atoms with van der Waals surface area (Å²) in [5.41, 5.74) is 3.27. The SMILES string of the molecule is CCCCc1cccc(O)c1C(=O)Nc1ccc(NC(=O)c2c(O)cccc2CCCC)cc1. The highest BCUT2D eigenvalue weighted by atomic mass is 16.3. The van der Waals surface area contributed by atoms with Crippen molar-refractivity contribution in [2.24, 2.45) is 0 Å². The molecule has 0 saturated carbocycles. The zero-order chi connectivity index (χ0) is 24.5. The van der Waals surface area contributed by atoms with E-state index in [9.17, 15) is 19.8 Å². The second kappa shape index (κ2) is 11.9. The Labute approximate surface area is 200 Å². The molecule has 4 N–H and O–H groups in total. The molecule has 0 aliphatic rings. The van der Waals surface area contributed by atoms with Crippen LogP contribution in [0.25, 0.3) is 0 Å². The van der Waals surface area contributed by atoms with E-state index in [0.29, 0.717) is 24.2 Å². The summed E-state index contributed by atoms with van der Waals surface area (Å²) in [5, 5.41) is 26.2. The first-order valence-corrected chi connectivity index (χ1v) is 11.8. The Kier molecular flexibility index (Phi) is 8.68. The Hall–Kier alpha value is -3.80. The average molecular weight is 461 g/mol. The lowest BCUT2D eigenvalue weighted by Crippen LogP contribution is -2.16. The Morgan fingerprint density at radius 1 is 0.647 bits per heavy atom. The fourth-order valence-corrected chi connectivity index (χ4v) is 3.87. The first-order valence-electron chi connectivity index (χ1n) is 11.8. The summed E-state index contributed by atoms with van der Waals surface area (Å²) < 4.78 is 0. The third-order valence-electron chi connectivity index (χ3n) is 5.71. The van der Waals surface area contributed by atoms with Crippen LogP contribution < -0.4 is 10.6 Å². The number of phenols is 2. The van der Waals surface area contributed by atoms with Crippen LogP contribution in [0.1, 0.15) is 71.4 Å². The smallest absolute Gasteiger partial charge is 0.259 e. The van der Waals surface area contributed by atoms with Crippen molar-refractivity contribution in [3.8, 4) is 11.5 Å². The second-order valence-electron chi connectivity index (χ2n) is 8.32. The highest BCUT2D eigenvalue weighted by Crippen LogP contribution is 2.26. The van der Waals surface area contributed by atoms with Crippen molar-refractivity contribution < 1.29 is 19.8 Å². The summed E-state index contributed by atoms with van der Waals surface area (Å²) in [6.45, 7) is 4.15. The van der Waals surface area contributed by atoms with E-state index in [4.69, 9.17) is 0 Å². The number of rotatable bonds is 10. The minimum atomic E-state index is -0.379. The average Bonchev–Trinajstić information content (AvgIpc) is 2.82. The van der Waals surface area contributed by atoms with Gasteiger partial charge in [-0.2, -0.15) is 0 Å². The molecule has 0 radical (unpaired) electrons. The molecule has 0 heterocycles. The van der Waals surface area contributed by atoms with Gasteiger partial charge < -0.3 is 20.8 Å². The van der Waals surface area contributed by atoms with Crippen molar-refractivity contribution >= 4 is 23.2 Å². The molecule has 34 heavy (non-hydrogen) atoms. The molecule has 0 spiro atoms. The van der Waals surface area contributed by atoms with Crippen LogP contribution >= 0.6 is 0 Å². The number of nitrogens with one attached hydrogen (secondary N) is 2.